The third-order valence-electron chi connectivity index (χ3n) is 3.96. The molecular weight excluding hydrogens is 309 g/mol. The first-order chi connectivity index (χ1) is 11.6. The Kier molecular flexibility index (Phi) is 4.79. The summed E-state index contributed by atoms with van der Waals surface area (Å²) in [6.45, 7) is 0.549. The Bertz CT molecular complexity index is 728. The van der Waals surface area contributed by atoms with Gasteiger partial charge in [0.25, 0.3) is 0 Å². The van der Waals surface area contributed by atoms with Crippen LogP contribution >= 0.6 is 0 Å². The molecule has 1 aliphatic rings. The molecule has 124 valence electrons. The summed E-state index contributed by atoms with van der Waals surface area (Å²) < 4.78 is 19.9. The molecule has 3 rings (SSSR count). The van der Waals surface area contributed by atoms with Crippen molar-refractivity contribution in [2.45, 2.75) is 12.8 Å². The fraction of sp³-hybridized carbons (Fsp3) is 0.211. The lowest BCUT2D eigenvalue weighted by molar-refractivity contribution is 0.139. The van der Waals surface area contributed by atoms with Gasteiger partial charge in [-0.15, -0.1) is 0 Å². The molecule has 5 heteroatoms. The van der Waals surface area contributed by atoms with Crippen molar-refractivity contribution < 1.29 is 19.0 Å². The third kappa shape index (κ3) is 3.74. The van der Waals surface area contributed by atoms with Crippen molar-refractivity contribution in [3.8, 4) is 5.75 Å². The lowest BCUT2D eigenvalue weighted by atomic mass is 9.98. The maximum Gasteiger partial charge on any atom is 0.407 e. The molecule has 2 aromatic carbocycles. The minimum absolute atomic E-state index is 0.132. The molecule has 0 saturated heterocycles. The van der Waals surface area contributed by atoms with Crippen molar-refractivity contribution in [2.75, 3.05) is 13.1 Å². The van der Waals surface area contributed by atoms with Crippen molar-refractivity contribution in [3.63, 3.8) is 0 Å². The van der Waals surface area contributed by atoms with Crippen LogP contribution in [0.2, 0.25) is 0 Å². The summed E-state index contributed by atoms with van der Waals surface area (Å²) in [5, 5.41) is 8.92. The zero-order valence-corrected chi connectivity index (χ0v) is 13.1. The quantitative estimate of drug-likeness (QED) is 0.924. The van der Waals surface area contributed by atoms with Crippen molar-refractivity contribution in [1.29, 1.82) is 0 Å². The molecule has 0 bridgehead atoms. The summed E-state index contributed by atoms with van der Waals surface area (Å²) in [6.07, 6.45) is -0.786. The number of hydrogen-bond donors (Lipinski definition) is 1. The molecule has 4 nitrogen and oxygen atoms in total. The van der Waals surface area contributed by atoms with Crippen molar-refractivity contribution in [2.24, 2.45) is 0 Å². The van der Waals surface area contributed by atoms with E-state index in [1.807, 2.05) is 30.3 Å². The second-order valence-electron chi connectivity index (χ2n) is 5.61. The molecule has 1 unspecified atom stereocenters. The summed E-state index contributed by atoms with van der Waals surface area (Å²) >= 11 is 0. The zero-order chi connectivity index (χ0) is 16.9. The number of carboxylic acid groups (broad SMARTS) is 1. The van der Waals surface area contributed by atoms with E-state index in [0.717, 1.165) is 16.0 Å². The van der Waals surface area contributed by atoms with Gasteiger partial charge in [0.1, 0.15) is 18.5 Å². The monoisotopic (exact) mass is 327 g/mol. The van der Waals surface area contributed by atoms with E-state index in [4.69, 9.17) is 9.84 Å². The highest BCUT2D eigenvalue weighted by molar-refractivity contribution is 5.73. The van der Waals surface area contributed by atoms with E-state index in [9.17, 15) is 9.18 Å². The molecule has 24 heavy (non-hydrogen) atoms. The molecule has 0 fully saturated rings. The zero-order valence-electron chi connectivity index (χ0n) is 13.1. The van der Waals surface area contributed by atoms with Gasteiger partial charge in [-0.05, 0) is 28.8 Å². The first-order valence-corrected chi connectivity index (χ1v) is 7.72. The molecule has 1 aliphatic heterocycles. The fourth-order valence-corrected chi connectivity index (χ4v) is 2.64. The fourth-order valence-electron chi connectivity index (χ4n) is 2.64. The highest BCUT2D eigenvalue weighted by Crippen LogP contribution is 2.27. The number of alkyl halides is 1. The SMILES string of the molecule is O=C(O)N1CC=C(c2ccc(OCc3ccccc3)cc2)C(F)C1. The standard InChI is InChI=1S/C19H18FNO3/c20-18-12-21(19(22)23)11-10-17(18)15-6-8-16(9-7-15)24-13-14-4-2-1-3-5-14/h1-10,18H,11-13H2,(H,22,23). The normalized spacial score (nSPS) is 17.3. The van der Waals surface area contributed by atoms with Crippen LogP contribution in [0.5, 0.6) is 5.75 Å². The van der Waals surface area contributed by atoms with Crippen LogP contribution in [0.4, 0.5) is 9.18 Å². The number of amides is 1. The van der Waals surface area contributed by atoms with Gasteiger partial charge in [0.15, 0.2) is 0 Å². The molecule has 0 aromatic heterocycles. The number of carbonyl (C=O) groups is 1. The Labute approximate surface area is 139 Å². The molecule has 0 aliphatic carbocycles. The van der Waals surface area contributed by atoms with Crippen LogP contribution in [-0.2, 0) is 6.61 Å². The van der Waals surface area contributed by atoms with Gasteiger partial charge in [-0.2, -0.15) is 0 Å². The molecule has 0 saturated carbocycles. The number of ether oxygens (including phenoxy) is 1. The minimum Gasteiger partial charge on any atom is -0.489 e. The van der Waals surface area contributed by atoms with Gasteiger partial charge in [0, 0.05) is 6.54 Å². The summed E-state index contributed by atoms with van der Waals surface area (Å²) in [5.74, 6) is 0.710. The lowest BCUT2D eigenvalue weighted by Gasteiger charge is -2.27. The predicted molar refractivity (Wildman–Crippen MR) is 89.7 cm³/mol. The van der Waals surface area contributed by atoms with Crippen molar-refractivity contribution >= 4 is 11.7 Å². The van der Waals surface area contributed by atoms with Gasteiger partial charge < -0.3 is 14.7 Å². The van der Waals surface area contributed by atoms with E-state index in [0.29, 0.717) is 17.9 Å². The first-order valence-electron chi connectivity index (χ1n) is 7.72. The number of rotatable bonds is 4. The molecule has 1 heterocycles. The van der Waals surface area contributed by atoms with Crippen LogP contribution < -0.4 is 4.74 Å². The van der Waals surface area contributed by atoms with Crippen LogP contribution in [0.3, 0.4) is 0 Å². The number of halogens is 1. The second-order valence-corrected chi connectivity index (χ2v) is 5.61. The van der Waals surface area contributed by atoms with E-state index >= 15 is 0 Å². The van der Waals surface area contributed by atoms with E-state index < -0.39 is 12.3 Å². The molecule has 0 radical (unpaired) electrons. The van der Waals surface area contributed by atoms with Gasteiger partial charge in [0.2, 0.25) is 0 Å². The summed E-state index contributed by atoms with van der Waals surface area (Å²) in [7, 11) is 0. The Balaban J connectivity index is 1.65. The summed E-state index contributed by atoms with van der Waals surface area (Å²) in [4.78, 5) is 12.0. The van der Waals surface area contributed by atoms with E-state index in [2.05, 4.69) is 0 Å². The van der Waals surface area contributed by atoms with Crippen LogP contribution in [0.25, 0.3) is 5.57 Å². The Morgan fingerprint density at radius 2 is 1.88 bits per heavy atom. The van der Waals surface area contributed by atoms with E-state index in [1.165, 1.54) is 0 Å². The van der Waals surface area contributed by atoms with Crippen LogP contribution in [-0.4, -0.2) is 35.4 Å². The molecule has 2 aromatic rings. The van der Waals surface area contributed by atoms with Crippen LogP contribution in [0, 0.1) is 0 Å². The average Bonchev–Trinajstić information content (AvgIpc) is 2.61. The largest absolute Gasteiger partial charge is 0.489 e. The van der Waals surface area contributed by atoms with E-state index in [1.54, 1.807) is 30.3 Å². The van der Waals surface area contributed by atoms with Gasteiger partial charge in [-0.3, -0.25) is 0 Å². The van der Waals surface area contributed by atoms with Gasteiger partial charge in [0.05, 0.1) is 6.54 Å². The third-order valence-corrected chi connectivity index (χ3v) is 3.96. The summed E-state index contributed by atoms with van der Waals surface area (Å²) in [5.41, 5.74) is 2.36. The Morgan fingerprint density at radius 3 is 2.50 bits per heavy atom. The van der Waals surface area contributed by atoms with Gasteiger partial charge >= 0.3 is 6.09 Å². The van der Waals surface area contributed by atoms with Crippen molar-refractivity contribution in [1.82, 2.24) is 4.90 Å². The topological polar surface area (TPSA) is 49.8 Å². The maximum atomic E-state index is 14.2. The highest BCUT2D eigenvalue weighted by Gasteiger charge is 2.25. The summed E-state index contributed by atoms with van der Waals surface area (Å²) in [6, 6.07) is 17.1. The Hall–Kier alpha value is -2.82. The lowest BCUT2D eigenvalue weighted by Crippen LogP contribution is -2.38. The Morgan fingerprint density at radius 1 is 1.17 bits per heavy atom. The number of nitrogens with zero attached hydrogens (tertiary/aromatic N) is 1. The molecular formula is C19H18FNO3. The smallest absolute Gasteiger partial charge is 0.407 e. The van der Waals surface area contributed by atoms with Crippen LogP contribution in [0.1, 0.15) is 11.1 Å². The number of benzene rings is 2. The predicted octanol–water partition coefficient (Wildman–Crippen LogP) is 3.98. The van der Waals surface area contributed by atoms with Crippen molar-refractivity contribution in [3.05, 3.63) is 71.8 Å². The molecule has 1 N–H and O–H groups in total. The highest BCUT2D eigenvalue weighted by atomic mass is 19.1. The molecule has 0 spiro atoms. The number of hydrogen-bond acceptors (Lipinski definition) is 2. The minimum atomic E-state index is -1.31. The second kappa shape index (κ2) is 7.17. The first kappa shape index (κ1) is 16.1. The van der Waals surface area contributed by atoms with E-state index in [-0.39, 0.29) is 13.1 Å². The average molecular weight is 327 g/mol. The molecule has 1 atom stereocenters. The van der Waals surface area contributed by atoms with Crippen LogP contribution in [0.15, 0.2) is 60.7 Å². The van der Waals surface area contributed by atoms with Gasteiger partial charge in [-0.25, -0.2) is 9.18 Å². The molecule has 1 amide bonds. The maximum absolute atomic E-state index is 14.2. The van der Waals surface area contributed by atoms with Gasteiger partial charge in [-0.1, -0.05) is 48.5 Å².